The van der Waals surface area contributed by atoms with Crippen molar-refractivity contribution in [3.63, 3.8) is 0 Å². The van der Waals surface area contributed by atoms with Gasteiger partial charge in [0, 0.05) is 26.2 Å². The number of para-hydroxylation sites is 1. The van der Waals surface area contributed by atoms with Gasteiger partial charge in [-0.1, -0.05) is 30.4 Å². The molecule has 0 atom stereocenters. The Kier molecular flexibility index (Phi) is 8.32. The molecule has 0 spiro atoms. The molecule has 158 valence electrons. The fourth-order valence-electron chi connectivity index (χ4n) is 3.34. The first-order valence-electron chi connectivity index (χ1n) is 10.2. The Hall–Kier alpha value is -1.64. The van der Waals surface area contributed by atoms with Crippen LogP contribution in [0.4, 0.5) is 0 Å². The Balaban J connectivity index is 1.60. The number of rotatable bonds is 8. The number of thioether (sulfide) groups is 1. The van der Waals surface area contributed by atoms with Crippen molar-refractivity contribution in [1.29, 1.82) is 0 Å². The lowest BCUT2D eigenvalue weighted by atomic mass is 9.99. The zero-order chi connectivity index (χ0) is 20.6. The summed E-state index contributed by atoms with van der Waals surface area (Å²) in [5, 5.41) is 0. The van der Waals surface area contributed by atoms with Crippen molar-refractivity contribution in [3.05, 3.63) is 29.1 Å². The predicted octanol–water partition coefficient (Wildman–Crippen LogP) is 3.16. The molecule has 2 aromatic rings. The Morgan fingerprint density at radius 2 is 2.00 bits per heavy atom. The quantitative estimate of drug-likeness (QED) is 0.598. The molecule has 0 unspecified atom stereocenters. The molecule has 1 aliphatic rings. The van der Waals surface area contributed by atoms with Crippen LogP contribution in [-0.2, 0) is 20.9 Å². The molecule has 1 saturated heterocycles. The third-order valence-corrected chi connectivity index (χ3v) is 7.02. The number of thiazole rings is 1. The predicted molar refractivity (Wildman–Crippen MR) is 119 cm³/mol. The first-order valence-corrected chi connectivity index (χ1v) is 12.1. The maximum Gasteiger partial charge on any atom is 0.258 e. The van der Waals surface area contributed by atoms with Crippen molar-refractivity contribution in [2.45, 2.75) is 33.2 Å². The van der Waals surface area contributed by atoms with Crippen LogP contribution in [0.15, 0.2) is 29.3 Å². The van der Waals surface area contributed by atoms with Gasteiger partial charge in [-0.15, -0.1) is 11.8 Å². The SMILES string of the molecule is CCOCCn1c(=NC(=O)CSCC(=O)N2CCC(C)CC2)sc2ccccc21. The third-order valence-electron chi connectivity index (χ3n) is 5.06. The molecule has 2 heterocycles. The highest BCUT2D eigenvalue weighted by Gasteiger charge is 2.20. The van der Waals surface area contributed by atoms with Gasteiger partial charge in [0.05, 0.1) is 28.3 Å². The number of fused-ring (bicyclic) bond motifs is 1. The highest BCUT2D eigenvalue weighted by Crippen LogP contribution is 2.18. The summed E-state index contributed by atoms with van der Waals surface area (Å²) in [6.45, 7) is 7.76. The van der Waals surface area contributed by atoms with E-state index in [1.807, 2.05) is 40.7 Å². The molecular weight excluding hydrogens is 406 g/mol. The molecular formula is C21H29N3O3S2. The molecule has 29 heavy (non-hydrogen) atoms. The number of carbonyl (C=O) groups is 2. The molecule has 0 bridgehead atoms. The second-order valence-electron chi connectivity index (χ2n) is 7.26. The minimum Gasteiger partial charge on any atom is -0.380 e. The van der Waals surface area contributed by atoms with Crippen molar-refractivity contribution in [2.75, 3.05) is 37.8 Å². The summed E-state index contributed by atoms with van der Waals surface area (Å²) in [5.74, 6) is 1.18. The zero-order valence-electron chi connectivity index (χ0n) is 17.1. The van der Waals surface area contributed by atoms with Gasteiger partial charge in [-0.2, -0.15) is 4.99 Å². The van der Waals surface area contributed by atoms with Crippen LogP contribution in [0, 0.1) is 5.92 Å². The van der Waals surface area contributed by atoms with Gasteiger partial charge in [-0.25, -0.2) is 0 Å². The molecule has 6 nitrogen and oxygen atoms in total. The summed E-state index contributed by atoms with van der Waals surface area (Å²) >= 11 is 2.86. The second-order valence-corrected chi connectivity index (χ2v) is 9.26. The van der Waals surface area contributed by atoms with Gasteiger partial charge in [0.25, 0.3) is 5.91 Å². The number of ether oxygens (including phenoxy) is 1. The van der Waals surface area contributed by atoms with Gasteiger partial charge >= 0.3 is 0 Å². The number of nitrogens with zero attached hydrogens (tertiary/aromatic N) is 3. The fraction of sp³-hybridized carbons (Fsp3) is 0.571. The number of amides is 2. The van der Waals surface area contributed by atoms with E-state index in [0.717, 1.165) is 36.1 Å². The monoisotopic (exact) mass is 435 g/mol. The lowest BCUT2D eigenvalue weighted by molar-refractivity contribution is -0.129. The number of piperidine rings is 1. The molecule has 1 aromatic heterocycles. The van der Waals surface area contributed by atoms with Crippen molar-refractivity contribution < 1.29 is 14.3 Å². The van der Waals surface area contributed by atoms with Crippen LogP contribution < -0.4 is 4.80 Å². The highest BCUT2D eigenvalue weighted by atomic mass is 32.2. The second kappa shape index (κ2) is 10.9. The smallest absolute Gasteiger partial charge is 0.258 e. The van der Waals surface area contributed by atoms with Gasteiger partial charge in [0.15, 0.2) is 4.80 Å². The fourth-order valence-corrected chi connectivity index (χ4v) is 5.11. The van der Waals surface area contributed by atoms with Crippen LogP contribution in [0.3, 0.4) is 0 Å². The van der Waals surface area contributed by atoms with E-state index in [4.69, 9.17) is 4.74 Å². The Morgan fingerprint density at radius 3 is 2.76 bits per heavy atom. The van der Waals surface area contributed by atoms with Crippen LogP contribution in [-0.4, -0.2) is 59.1 Å². The van der Waals surface area contributed by atoms with Gasteiger partial charge < -0.3 is 14.2 Å². The van der Waals surface area contributed by atoms with E-state index in [-0.39, 0.29) is 17.6 Å². The molecule has 1 fully saturated rings. The van der Waals surface area contributed by atoms with Crippen LogP contribution in [0.25, 0.3) is 10.2 Å². The largest absolute Gasteiger partial charge is 0.380 e. The number of hydrogen-bond acceptors (Lipinski definition) is 5. The van der Waals surface area contributed by atoms with Crippen LogP contribution in [0.1, 0.15) is 26.7 Å². The Bertz CT molecular complexity index is 898. The molecule has 3 rings (SSSR count). The van der Waals surface area contributed by atoms with E-state index in [9.17, 15) is 9.59 Å². The Morgan fingerprint density at radius 1 is 1.24 bits per heavy atom. The number of hydrogen-bond donors (Lipinski definition) is 0. The van der Waals surface area contributed by atoms with Gasteiger partial charge in [0.2, 0.25) is 5.91 Å². The number of likely N-dealkylation sites (tertiary alicyclic amines) is 1. The van der Waals surface area contributed by atoms with Gasteiger partial charge in [0.1, 0.15) is 0 Å². The van der Waals surface area contributed by atoms with E-state index >= 15 is 0 Å². The van der Waals surface area contributed by atoms with Crippen LogP contribution in [0.5, 0.6) is 0 Å². The summed E-state index contributed by atoms with van der Waals surface area (Å²) in [4.78, 5) is 31.7. The number of carbonyl (C=O) groups excluding carboxylic acids is 2. The summed E-state index contributed by atoms with van der Waals surface area (Å²) in [5.41, 5.74) is 1.06. The van der Waals surface area contributed by atoms with Crippen molar-refractivity contribution >= 4 is 45.1 Å². The normalized spacial score (nSPS) is 15.9. The molecule has 0 N–H and O–H groups in total. The first kappa shape index (κ1) is 22.1. The molecule has 2 amide bonds. The number of benzene rings is 1. The van der Waals surface area contributed by atoms with Crippen molar-refractivity contribution in [3.8, 4) is 0 Å². The summed E-state index contributed by atoms with van der Waals surface area (Å²) < 4.78 is 8.62. The maximum absolute atomic E-state index is 12.4. The zero-order valence-corrected chi connectivity index (χ0v) is 18.8. The van der Waals surface area contributed by atoms with E-state index in [2.05, 4.69) is 11.9 Å². The minimum absolute atomic E-state index is 0.128. The van der Waals surface area contributed by atoms with E-state index < -0.39 is 0 Å². The van der Waals surface area contributed by atoms with E-state index in [1.165, 1.54) is 23.1 Å². The summed E-state index contributed by atoms with van der Waals surface area (Å²) in [6, 6.07) is 8.04. The molecule has 1 aliphatic heterocycles. The van der Waals surface area contributed by atoms with E-state index in [1.54, 1.807) is 0 Å². The van der Waals surface area contributed by atoms with Crippen LogP contribution >= 0.6 is 23.1 Å². The molecule has 0 saturated carbocycles. The standard InChI is InChI=1S/C21H29N3O3S2/c1-3-27-13-12-24-17-6-4-5-7-18(17)29-21(24)22-19(25)14-28-15-20(26)23-10-8-16(2)9-11-23/h4-7,16H,3,8-15H2,1-2H3. The van der Waals surface area contributed by atoms with E-state index in [0.29, 0.717) is 36.2 Å². The van der Waals surface area contributed by atoms with Crippen molar-refractivity contribution in [2.24, 2.45) is 10.9 Å². The highest BCUT2D eigenvalue weighted by molar-refractivity contribution is 8.00. The average molecular weight is 436 g/mol. The Labute approximate surface area is 180 Å². The first-order chi connectivity index (χ1) is 14.1. The molecule has 0 radical (unpaired) electrons. The molecule has 0 aliphatic carbocycles. The summed E-state index contributed by atoms with van der Waals surface area (Å²) in [7, 11) is 0. The lowest BCUT2D eigenvalue weighted by Crippen LogP contribution is -2.39. The van der Waals surface area contributed by atoms with Gasteiger partial charge in [-0.3, -0.25) is 9.59 Å². The minimum atomic E-state index is -0.202. The lowest BCUT2D eigenvalue weighted by Gasteiger charge is -2.30. The molecule has 8 heteroatoms. The van der Waals surface area contributed by atoms with Crippen LogP contribution in [0.2, 0.25) is 0 Å². The van der Waals surface area contributed by atoms with Crippen molar-refractivity contribution in [1.82, 2.24) is 9.47 Å². The van der Waals surface area contributed by atoms with Gasteiger partial charge in [-0.05, 0) is 37.8 Å². The maximum atomic E-state index is 12.4. The third kappa shape index (κ3) is 6.17. The molecule has 1 aromatic carbocycles. The average Bonchev–Trinajstić information content (AvgIpc) is 3.05. The number of aromatic nitrogens is 1. The topological polar surface area (TPSA) is 63.9 Å². The summed E-state index contributed by atoms with van der Waals surface area (Å²) in [6.07, 6.45) is 2.14.